The van der Waals surface area contributed by atoms with Gasteiger partial charge in [0.25, 0.3) is 0 Å². The number of benzene rings is 1. The van der Waals surface area contributed by atoms with Gasteiger partial charge in [-0.1, -0.05) is 23.7 Å². The van der Waals surface area contributed by atoms with Crippen LogP contribution in [0.1, 0.15) is 24.8 Å². The van der Waals surface area contributed by atoms with Crippen molar-refractivity contribution in [3.63, 3.8) is 0 Å². The van der Waals surface area contributed by atoms with E-state index < -0.39 is 0 Å². The van der Waals surface area contributed by atoms with Gasteiger partial charge in [0.15, 0.2) is 0 Å². The molecule has 15 heavy (non-hydrogen) atoms. The molecule has 0 N–H and O–H groups in total. The summed E-state index contributed by atoms with van der Waals surface area (Å²) in [6, 6.07) is 8.04. The summed E-state index contributed by atoms with van der Waals surface area (Å²) in [5.74, 6) is 1.00. The number of hydrogen-bond acceptors (Lipinski definition) is 1. The molecule has 2 atom stereocenters. The van der Waals surface area contributed by atoms with Crippen LogP contribution in [0.2, 0.25) is 5.02 Å². The fourth-order valence-electron chi connectivity index (χ4n) is 2.87. The normalized spacial score (nSPS) is 33.8. The third-order valence-electron chi connectivity index (χ3n) is 3.91. The summed E-state index contributed by atoms with van der Waals surface area (Å²) in [6.07, 6.45) is 4.75. The Morgan fingerprint density at radius 1 is 1.27 bits per heavy atom. The molecule has 2 fully saturated rings. The van der Waals surface area contributed by atoms with Crippen LogP contribution in [0.25, 0.3) is 0 Å². The monoisotopic (exact) mass is 220 g/mol. The van der Waals surface area contributed by atoms with Crippen LogP contribution in [0.3, 0.4) is 0 Å². The minimum atomic E-state index is 0.187. The number of carbonyl (C=O) groups excluding carboxylic acids is 1. The van der Waals surface area contributed by atoms with Crippen LogP contribution >= 0.6 is 11.6 Å². The van der Waals surface area contributed by atoms with E-state index in [2.05, 4.69) is 12.1 Å². The summed E-state index contributed by atoms with van der Waals surface area (Å²) in [6.45, 7) is 0. The van der Waals surface area contributed by atoms with E-state index in [4.69, 9.17) is 11.6 Å². The molecule has 0 aromatic heterocycles. The first-order chi connectivity index (χ1) is 7.27. The predicted octanol–water partition coefficient (Wildman–Crippen LogP) is 3.21. The first-order valence-electron chi connectivity index (χ1n) is 5.49. The molecule has 0 spiro atoms. The van der Waals surface area contributed by atoms with Crippen molar-refractivity contribution in [3.8, 4) is 0 Å². The molecule has 1 aromatic rings. The van der Waals surface area contributed by atoms with Gasteiger partial charge in [0.2, 0.25) is 0 Å². The average Bonchev–Trinajstić information content (AvgIpc) is 3.12. The molecule has 1 aromatic carbocycles. The molecular formula is C13H13ClO. The van der Waals surface area contributed by atoms with Gasteiger partial charge >= 0.3 is 0 Å². The minimum Gasteiger partial charge on any atom is -0.303 e. The Labute approximate surface area is 94.4 Å². The first-order valence-corrected chi connectivity index (χ1v) is 5.86. The van der Waals surface area contributed by atoms with E-state index in [0.717, 1.165) is 23.6 Å². The highest BCUT2D eigenvalue weighted by molar-refractivity contribution is 6.30. The zero-order valence-electron chi connectivity index (χ0n) is 8.45. The van der Waals surface area contributed by atoms with Crippen LogP contribution in [0.5, 0.6) is 0 Å². The molecule has 3 rings (SSSR count). The van der Waals surface area contributed by atoms with Crippen molar-refractivity contribution in [1.82, 2.24) is 0 Å². The summed E-state index contributed by atoms with van der Waals surface area (Å²) in [5.41, 5.74) is 1.50. The first kappa shape index (κ1) is 9.41. The van der Waals surface area contributed by atoms with Gasteiger partial charge in [-0.15, -0.1) is 0 Å². The second-order valence-corrected chi connectivity index (χ2v) is 5.20. The van der Waals surface area contributed by atoms with Gasteiger partial charge in [-0.25, -0.2) is 0 Å². The van der Waals surface area contributed by atoms with E-state index in [1.165, 1.54) is 18.4 Å². The summed E-state index contributed by atoms with van der Waals surface area (Å²) in [7, 11) is 0. The minimum absolute atomic E-state index is 0.187. The third-order valence-corrected chi connectivity index (χ3v) is 4.16. The average molecular weight is 221 g/mol. The van der Waals surface area contributed by atoms with Gasteiger partial charge in [-0.3, -0.25) is 0 Å². The van der Waals surface area contributed by atoms with Gasteiger partial charge in [-0.05, 0) is 42.9 Å². The Kier molecular flexibility index (Phi) is 1.93. The van der Waals surface area contributed by atoms with Crippen molar-refractivity contribution in [3.05, 3.63) is 34.9 Å². The highest BCUT2D eigenvalue weighted by Crippen LogP contribution is 2.65. The molecule has 78 valence electrons. The van der Waals surface area contributed by atoms with Gasteiger partial charge in [0.1, 0.15) is 6.29 Å². The maximum absolute atomic E-state index is 10.9. The molecule has 0 radical (unpaired) electrons. The summed E-state index contributed by atoms with van der Waals surface area (Å²) in [5, 5.41) is 0.771. The lowest BCUT2D eigenvalue weighted by Crippen LogP contribution is -2.13. The topological polar surface area (TPSA) is 17.1 Å². The van der Waals surface area contributed by atoms with Crippen molar-refractivity contribution < 1.29 is 4.79 Å². The van der Waals surface area contributed by atoms with Crippen molar-refractivity contribution in [2.45, 2.75) is 24.7 Å². The van der Waals surface area contributed by atoms with Crippen LogP contribution in [-0.4, -0.2) is 6.29 Å². The van der Waals surface area contributed by atoms with Gasteiger partial charge in [-0.2, -0.15) is 0 Å². The zero-order chi connectivity index (χ0) is 10.5. The number of carbonyl (C=O) groups is 1. The van der Waals surface area contributed by atoms with Crippen LogP contribution in [-0.2, 0) is 10.2 Å². The van der Waals surface area contributed by atoms with E-state index in [1.807, 2.05) is 12.1 Å². The predicted molar refractivity (Wildman–Crippen MR) is 60.0 cm³/mol. The Balaban J connectivity index is 1.97. The molecule has 0 heterocycles. The summed E-state index contributed by atoms with van der Waals surface area (Å²) < 4.78 is 0. The molecular weight excluding hydrogens is 208 g/mol. The van der Waals surface area contributed by atoms with Crippen LogP contribution < -0.4 is 0 Å². The second-order valence-electron chi connectivity index (χ2n) is 4.77. The summed E-state index contributed by atoms with van der Waals surface area (Å²) in [4.78, 5) is 10.9. The van der Waals surface area contributed by atoms with E-state index in [-0.39, 0.29) is 11.3 Å². The molecule has 0 bridgehead atoms. The van der Waals surface area contributed by atoms with E-state index in [1.54, 1.807) is 0 Å². The molecule has 0 aliphatic heterocycles. The molecule has 2 saturated carbocycles. The van der Waals surface area contributed by atoms with Gasteiger partial charge < -0.3 is 4.79 Å². The molecule has 2 aliphatic rings. The Morgan fingerprint density at radius 2 is 1.93 bits per heavy atom. The number of hydrogen-bond donors (Lipinski definition) is 0. The lowest BCUT2D eigenvalue weighted by Gasteiger charge is -2.15. The van der Waals surface area contributed by atoms with Crippen LogP contribution in [0, 0.1) is 11.8 Å². The lowest BCUT2D eigenvalue weighted by molar-refractivity contribution is -0.109. The molecule has 0 saturated heterocycles. The molecule has 1 nitrogen and oxygen atoms in total. The quantitative estimate of drug-likeness (QED) is 0.715. The van der Waals surface area contributed by atoms with E-state index >= 15 is 0 Å². The highest BCUT2D eigenvalue weighted by Gasteiger charge is 2.62. The molecule has 2 aliphatic carbocycles. The number of rotatable bonds is 3. The second kappa shape index (κ2) is 3.08. The van der Waals surface area contributed by atoms with Crippen molar-refractivity contribution in [2.24, 2.45) is 11.8 Å². The molecule has 0 amide bonds. The lowest BCUT2D eigenvalue weighted by atomic mass is 9.88. The fraction of sp³-hybridized carbons (Fsp3) is 0.462. The zero-order valence-corrected chi connectivity index (χ0v) is 9.20. The Morgan fingerprint density at radius 3 is 2.40 bits per heavy atom. The highest BCUT2D eigenvalue weighted by atomic mass is 35.5. The van der Waals surface area contributed by atoms with Gasteiger partial charge in [0.05, 0.1) is 0 Å². The van der Waals surface area contributed by atoms with Crippen LogP contribution in [0.15, 0.2) is 24.3 Å². The largest absolute Gasteiger partial charge is 0.303 e. The van der Waals surface area contributed by atoms with Crippen LogP contribution in [0.4, 0.5) is 0 Å². The molecule has 2 heteroatoms. The van der Waals surface area contributed by atoms with Crippen molar-refractivity contribution in [2.75, 3.05) is 0 Å². The SMILES string of the molecule is O=CC1CC1(c1ccc(Cl)cc1)C1CC1. The van der Waals surface area contributed by atoms with Crippen molar-refractivity contribution in [1.29, 1.82) is 0 Å². The van der Waals surface area contributed by atoms with E-state index in [9.17, 15) is 4.79 Å². The smallest absolute Gasteiger partial charge is 0.124 e. The molecule has 2 unspecified atom stereocenters. The van der Waals surface area contributed by atoms with Crippen molar-refractivity contribution >= 4 is 17.9 Å². The van der Waals surface area contributed by atoms with Gasteiger partial charge in [0, 0.05) is 16.4 Å². The maximum Gasteiger partial charge on any atom is 0.124 e. The third kappa shape index (κ3) is 1.33. The number of aldehydes is 1. The number of halogens is 1. The Hall–Kier alpha value is -0.820. The summed E-state index contributed by atoms with van der Waals surface area (Å²) >= 11 is 5.88. The maximum atomic E-state index is 10.9. The Bertz CT molecular complexity index is 394. The fourth-order valence-corrected chi connectivity index (χ4v) is 3.00. The standard InChI is InChI=1S/C13H13ClO/c14-12-5-3-10(4-6-12)13(9-1-2-9)7-11(13)8-15/h3-6,8-9,11H,1-2,7H2. The van der Waals surface area contributed by atoms with E-state index in [0.29, 0.717) is 0 Å².